The molecule has 1 aromatic heterocycles. The van der Waals surface area contributed by atoms with Crippen LogP contribution in [0.25, 0.3) is 0 Å². The summed E-state index contributed by atoms with van der Waals surface area (Å²) in [7, 11) is 4.70. The molecule has 0 atom stereocenters. The number of amidine groups is 1. The largest absolute Gasteiger partial charge is 0.573 e. The van der Waals surface area contributed by atoms with Crippen LogP contribution in [0.2, 0.25) is 0 Å². The van der Waals surface area contributed by atoms with Crippen LogP contribution in [0, 0.1) is 0 Å². The van der Waals surface area contributed by atoms with E-state index in [9.17, 15) is 27.9 Å². The second-order valence-electron chi connectivity index (χ2n) is 8.42. The molecule has 9 nitrogen and oxygen atoms in total. The fourth-order valence-corrected chi connectivity index (χ4v) is 3.56. The minimum absolute atomic E-state index is 0.00479. The number of rotatable bonds is 5. The first-order valence-electron chi connectivity index (χ1n) is 9.84. The van der Waals surface area contributed by atoms with Gasteiger partial charge in [0.1, 0.15) is 11.5 Å². The van der Waals surface area contributed by atoms with Crippen LogP contribution in [0.1, 0.15) is 19.3 Å². The number of benzene rings is 1. The van der Waals surface area contributed by atoms with E-state index in [1.165, 1.54) is 23.7 Å². The Hall–Kier alpha value is -3.12. The molecule has 4 rings (SSSR count). The van der Waals surface area contributed by atoms with Gasteiger partial charge in [0, 0.05) is 19.7 Å². The summed E-state index contributed by atoms with van der Waals surface area (Å²) in [6.45, 7) is 0.0578. The highest BCUT2D eigenvalue weighted by molar-refractivity contribution is 5.96. The van der Waals surface area contributed by atoms with E-state index in [1.54, 1.807) is 14.1 Å². The predicted molar refractivity (Wildman–Crippen MR) is 109 cm³/mol. The first-order chi connectivity index (χ1) is 14.8. The molecule has 2 heterocycles. The summed E-state index contributed by atoms with van der Waals surface area (Å²) in [5, 5.41) is 10.1. The quantitative estimate of drug-likeness (QED) is 0.696. The first kappa shape index (κ1) is 22.1. The number of aliphatic imine (C=N–C) groups is 1. The van der Waals surface area contributed by atoms with Gasteiger partial charge in [-0.1, -0.05) is 6.07 Å². The number of nitrogens with zero attached hydrogens (tertiary/aromatic N) is 4. The molecule has 1 fully saturated rings. The maximum atomic E-state index is 13.2. The minimum Gasteiger partial charge on any atom is -0.406 e. The number of aliphatic hydroxyl groups is 1. The van der Waals surface area contributed by atoms with Gasteiger partial charge in [-0.3, -0.25) is 13.9 Å². The zero-order valence-electron chi connectivity index (χ0n) is 17.6. The molecule has 2 aromatic rings. The summed E-state index contributed by atoms with van der Waals surface area (Å²) in [6.07, 6.45) is -3.31. The van der Waals surface area contributed by atoms with Crippen molar-refractivity contribution in [2.75, 3.05) is 14.1 Å². The van der Waals surface area contributed by atoms with Crippen molar-refractivity contribution >= 4 is 17.5 Å². The molecule has 0 bridgehead atoms. The Labute approximate surface area is 180 Å². The molecule has 0 amide bonds. The number of alkyl halides is 3. The van der Waals surface area contributed by atoms with Crippen LogP contribution in [0.4, 0.5) is 24.7 Å². The van der Waals surface area contributed by atoms with Crippen molar-refractivity contribution in [2.24, 2.45) is 12.0 Å². The molecule has 0 saturated heterocycles. The molecular weight excluding hydrogens is 433 g/mol. The topological polar surface area (TPSA) is 95.0 Å². The standard InChI is InChI=1S/C20H22F3N4O5/c1-25-15-14(16(28)26(18(25)29)10-9-19(30)7-8-19)27(2,3)17(24-15)31-12-5-4-6-13(11-12)32-20(21,22)23/h4-6,11,30H,7-10H2,1-3H3/q+1. The third-order valence-electron chi connectivity index (χ3n) is 5.61. The summed E-state index contributed by atoms with van der Waals surface area (Å²) in [5.74, 6) is -0.348. The highest BCUT2D eigenvalue weighted by atomic mass is 19.4. The number of hydrogen-bond acceptors (Lipinski definition) is 6. The van der Waals surface area contributed by atoms with E-state index in [0.29, 0.717) is 12.8 Å². The van der Waals surface area contributed by atoms with Gasteiger partial charge in [0.2, 0.25) is 5.82 Å². The molecule has 1 aliphatic heterocycles. The Kier molecular flexibility index (Phi) is 4.97. The zero-order chi connectivity index (χ0) is 23.5. The molecule has 1 N–H and O–H groups in total. The normalized spacial score (nSPS) is 18.2. The highest BCUT2D eigenvalue weighted by Crippen LogP contribution is 2.39. The second-order valence-corrected chi connectivity index (χ2v) is 8.42. The molecule has 0 unspecified atom stereocenters. The van der Waals surface area contributed by atoms with E-state index in [4.69, 9.17) is 4.74 Å². The van der Waals surface area contributed by atoms with Crippen LogP contribution in [-0.2, 0) is 13.6 Å². The lowest BCUT2D eigenvalue weighted by Gasteiger charge is -2.24. The van der Waals surface area contributed by atoms with Crippen LogP contribution < -0.4 is 25.2 Å². The minimum atomic E-state index is -4.86. The molecular formula is C20H22F3N4O5+. The number of halogens is 3. The van der Waals surface area contributed by atoms with Gasteiger partial charge in [0.15, 0.2) is 0 Å². The smallest absolute Gasteiger partial charge is 0.406 e. The second kappa shape index (κ2) is 7.20. The van der Waals surface area contributed by atoms with E-state index in [2.05, 4.69) is 9.73 Å². The summed E-state index contributed by atoms with van der Waals surface area (Å²) < 4.78 is 49.2. The molecule has 1 aliphatic carbocycles. The first-order valence-corrected chi connectivity index (χ1v) is 9.84. The Balaban J connectivity index is 1.67. The molecule has 0 spiro atoms. The average Bonchev–Trinajstić information content (AvgIpc) is 3.34. The van der Waals surface area contributed by atoms with Crippen LogP contribution in [0.15, 0.2) is 38.8 Å². The van der Waals surface area contributed by atoms with Crippen LogP contribution in [0.5, 0.6) is 11.5 Å². The van der Waals surface area contributed by atoms with Gasteiger partial charge in [-0.05, 0) is 31.4 Å². The number of hydrogen-bond donors (Lipinski definition) is 1. The van der Waals surface area contributed by atoms with E-state index >= 15 is 0 Å². The molecule has 0 radical (unpaired) electrons. The number of quaternary nitrogens is 1. The van der Waals surface area contributed by atoms with E-state index in [0.717, 1.165) is 16.7 Å². The summed E-state index contributed by atoms with van der Waals surface area (Å²) >= 11 is 0. The van der Waals surface area contributed by atoms with Crippen molar-refractivity contribution in [3.63, 3.8) is 0 Å². The predicted octanol–water partition coefficient (Wildman–Crippen LogP) is 2.01. The maximum absolute atomic E-state index is 13.2. The van der Waals surface area contributed by atoms with Crippen molar-refractivity contribution in [2.45, 2.75) is 37.8 Å². The number of aromatic nitrogens is 2. The van der Waals surface area contributed by atoms with Crippen LogP contribution >= 0.6 is 0 Å². The molecule has 12 heteroatoms. The van der Waals surface area contributed by atoms with Gasteiger partial charge in [0.05, 0.1) is 19.7 Å². The van der Waals surface area contributed by atoms with Gasteiger partial charge < -0.3 is 14.6 Å². The SMILES string of the molecule is Cn1c2c(c(=O)n(CCC3(O)CC3)c1=O)[N+](C)(C)C(Oc1cccc(OC(F)(F)F)c1)=N2. The number of ether oxygens (including phenoxy) is 2. The van der Waals surface area contributed by atoms with Crippen molar-refractivity contribution in [1.29, 1.82) is 0 Å². The lowest BCUT2D eigenvalue weighted by Crippen LogP contribution is -2.52. The third kappa shape index (κ3) is 4.02. The lowest BCUT2D eigenvalue weighted by atomic mass is 10.2. The van der Waals surface area contributed by atoms with Crippen molar-refractivity contribution < 1.29 is 27.8 Å². The van der Waals surface area contributed by atoms with Crippen molar-refractivity contribution in [3.8, 4) is 11.5 Å². The van der Waals surface area contributed by atoms with E-state index in [-0.39, 0.29) is 40.7 Å². The maximum Gasteiger partial charge on any atom is 0.573 e. The number of fused-ring (bicyclic) bond motifs is 1. The Bertz CT molecular complexity index is 1230. The fourth-order valence-electron chi connectivity index (χ4n) is 3.56. The van der Waals surface area contributed by atoms with Gasteiger partial charge >= 0.3 is 23.6 Å². The van der Waals surface area contributed by atoms with E-state index in [1.807, 2.05) is 0 Å². The average molecular weight is 455 g/mol. The molecule has 1 aromatic carbocycles. The summed E-state index contributed by atoms with van der Waals surface area (Å²) in [4.78, 5) is 30.2. The van der Waals surface area contributed by atoms with Crippen molar-refractivity contribution in [3.05, 3.63) is 45.1 Å². The Morgan fingerprint density at radius 3 is 2.50 bits per heavy atom. The monoisotopic (exact) mass is 455 g/mol. The van der Waals surface area contributed by atoms with Gasteiger partial charge in [-0.2, -0.15) is 0 Å². The van der Waals surface area contributed by atoms with Gasteiger partial charge in [-0.25, -0.2) is 9.28 Å². The van der Waals surface area contributed by atoms with Gasteiger partial charge in [0.25, 0.3) is 5.69 Å². The van der Waals surface area contributed by atoms with E-state index < -0.39 is 29.0 Å². The van der Waals surface area contributed by atoms with Crippen LogP contribution in [-0.4, -0.2) is 46.3 Å². The van der Waals surface area contributed by atoms with Gasteiger partial charge in [-0.15, -0.1) is 18.2 Å². The highest BCUT2D eigenvalue weighted by Gasteiger charge is 2.45. The molecule has 32 heavy (non-hydrogen) atoms. The lowest BCUT2D eigenvalue weighted by molar-refractivity contribution is -0.274. The molecule has 1 saturated carbocycles. The third-order valence-corrected chi connectivity index (χ3v) is 5.61. The van der Waals surface area contributed by atoms with Crippen molar-refractivity contribution in [1.82, 2.24) is 13.6 Å². The Morgan fingerprint density at radius 2 is 1.88 bits per heavy atom. The summed E-state index contributed by atoms with van der Waals surface area (Å²) in [6, 6.07) is 4.91. The Morgan fingerprint density at radius 1 is 1.22 bits per heavy atom. The fraction of sp³-hybridized carbons (Fsp3) is 0.450. The molecule has 2 aliphatic rings. The zero-order valence-corrected chi connectivity index (χ0v) is 17.6. The van der Waals surface area contributed by atoms with Crippen LogP contribution in [0.3, 0.4) is 0 Å². The molecule has 172 valence electrons. The summed E-state index contributed by atoms with van der Waals surface area (Å²) in [5.41, 5.74) is -1.80.